The number of benzene rings is 2. The quantitative estimate of drug-likeness (QED) is 0.464. The third-order valence-electron chi connectivity index (χ3n) is 6.08. The van der Waals surface area contributed by atoms with Gasteiger partial charge >= 0.3 is 6.18 Å². The second-order valence-corrected chi connectivity index (χ2v) is 9.07. The predicted octanol–water partition coefficient (Wildman–Crippen LogP) is 4.68. The fraction of sp³-hybridized carbons (Fsp3) is 0.375. The molecule has 1 aliphatic rings. The summed E-state index contributed by atoms with van der Waals surface area (Å²) in [5.41, 5.74) is -3.03. The molecule has 3 aromatic rings. The zero-order chi connectivity index (χ0) is 24.0. The van der Waals surface area contributed by atoms with Gasteiger partial charge in [-0.2, -0.15) is 13.2 Å². The summed E-state index contributed by atoms with van der Waals surface area (Å²) >= 11 is 0. The summed E-state index contributed by atoms with van der Waals surface area (Å²) < 4.78 is 62.2. The lowest BCUT2D eigenvalue weighted by Gasteiger charge is -2.38. The molecule has 0 radical (unpaired) electrons. The van der Waals surface area contributed by atoms with Crippen molar-refractivity contribution < 1.29 is 27.4 Å². The van der Waals surface area contributed by atoms with E-state index in [-0.39, 0.29) is 5.56 Å². The van der Waals surface area contributed by atoms with E-state index < -0.39 is 36.0 Å². The Morgan fingerprint density at radius 1 is 1.15 bits per heavy atom. The van der Waals surface area contributed by atoms with E-state index in [1.807, 2.05) is 0 Å². The van der Waals surface area contributed by atoms with Gasteiger partial charge in [0.2, 0.25) is 5.56 Å². The van der Waals surface area contributed by atoms with Crippen LogP contribution in [-0.2, 0) is 11.8 Å². The van der Waals surface area contributed by atoms with E-state index in [4.69, 9.17) is 4.74 Å². The second kappa shape index (κ2) is 8.06. The number of rotatable bonds is 6. The topological polar surface area (TPSA) is 74.4 Å². The molecule has 1 aromatic heterocycles. The van der Waals surface area contributed by atoms with E-state index in [0.29, 0.717) is 46.5 Å². The molecule has 2 heterocycles. The van der Waals surface area contributed by atoms with E-state index in [2.05, 4.69) is 10.3 Å². The molecule has 9 heteroatoms. The Labute approximate surface area is 187 Å². The highest BCUT2D eigenvalue weighted by molar-refractivity contribution is 5.91. The van der Waals surface area contributed by atoms with Gasteiger partial charge in [-0.25, -0.2) is 4.39 Å². The standard InChI is InChI=1S/C24H24F4N2O3/c1-22(2,17-11-15(25)10-14-8-9-33-21(14)17)12-23(32,24(26,27)28)13-29-18-4-3-5-19-16(18)6-7-20(31)30-19/h3-7,10-11,29,32H,8-9,12-13H2,1-2H3,(H,30,31). The molecule has 0 saturated carbocycles. The third-order valence-corrected chi connectivity index (χ3v) is 6.08. The average molecular weight is 464 g/mol. The van der Waals surface area contributed by atoms with E-state index in [1.54, 1.807) is 18.2 Å². The van der Waals surface area contributed by atoms with Crippen LogP contribution in [0.1, 0.15) is 31.4 Å². The van der Waals surface area contributed by atoms with Crippen molar-refractivity contribution in [2.45, 2.75) is 43.9 Å². The number of halogens is 4. The molecule has 2 aromatic carbocycles. The number of fused-ring (bicyclic) bond motifs is 2. The average Bonchev–Trinajstić information content (AvgIpc) is 3.18. The van der Waals surface area contributed by atoms with Gasteiger partial charge < -0.3 is 20.1 Å². The van der Waals surface area contributed by atoms with Gasteiger partial charge in [-0.15, -0.1) is 0 Å². The van der Waals surface area contributed by atoms with Gasteiger partial charge in [-0.1, -0.05) is 19.9 Å². The fourth-order valence-electron chi connectivity index (χ4n) is 4.44. The van der Waals surface area contributed by atoms with Crippen molar-refractivity contribution in [2.75, 3.05) is 18.5 Å². The summed E-state index contributed by atoms with van der Waals surface area (Å²) in [5, 5.41) is 14.1. The minimum absolute atomic E-state index is 0.292. The Morgan fingerprint density at radius 3 is 2.64 bits per heavy atom. The van der Waals surface area contributed by atoms with Crippen LogP contribution < -0.4 is 15.6 Å². The number of hydrogen-bond acceptors (Lipinski definition) is 4. The van der Waals surface area contributed by atoms with Gasteiger partial charge in [-0.3, -0.25) is 4.79 Å². The summed E-state index contributed by atoms with van der Waals surface area (Å²) in [6.07, 6.45) is -5.21. The summed E-state index contributed by atoms with van der Waals surface area (Å²) in [6, 6.07) is 10.1. The molecule has 0 saturated heterocycles. The van der Waals surface area contributed by atoms with E-state index >= 15 is 0 Å². The smallest absolute Gasteiger partial charge is 0.418 e. The van der Waals surface area contributed by atoms with Crippen molar-refractivity contribution in [2.24, 2.45) is 0 Å². The number of nitrogens with one attached hydrogen (secondary N) is 2. The molecule has 1 atom stereocenters. The molecule has 0 fully saturated rings. The summed E-state index contributed by atoms with van der Waals surface area (Å²) in [5.74, 6) is -0.169. The molecule has 3 N–H and O–H groups in total. The van der Waals surface area contributed by atoms with Crippen LogP contribution in [0.4, 0.5) is 23.2 Å². The molecule has 4 rings (SSSR count). The monoisotopic (exact) mass is 464 g/mol. The van der Waals surface area contributed by atoms with Crippen LogP contribution in [0.2, 0.25) is 0 Å². The van der Waals surface area contributed by atoms with E-state index in [9.17, 15) is 27.5 Å². The normalized spacial score (nSPS) is 15.7. The number of pyridine rings is 1. The van der Waals surface area contributed by atoms with Crippen LogP contribution in [0.15, 0.2) is 47.3 Å². The Morgan fingerprint density at radius 2 is 1.91 bits per heavy atom. The highest BCUT2D eigenvalue weighted by Crippen LogP contribution is 2.46. The lowest BCUT2D eigenvalue weighted by molar-refractivity contribution is -0.260. The molecule has 176 valence electrons. The number of ether oxygens (including phenoxy) is 1. The number of aromatic nitrogens is 1. The summed E-state index contributed by atoms with van der Waals surface area (Å²) in [6.45, 7) is 2.55. The SMILES string of the molecule is CC(C)(CC(O)(CNc1cccc2[nH]c(=O)ccc12)C(F)(F)F)c1cc(F)cc2c1OCC2. The van der Waals surface area contributed by atoms with Crippen molar-refractivity contribution in [1.29, 1.82) is 0 Å². The van der Waals surface area contributed by atoms with E-state index in [1.165, 1.54) is 38.1 Å². The van der Waals surface area contributed by atoms with E-state index in [0.717, 1.165) is 0 Å². The maximum absolute atomic E-state index is 14.2. The maximum Gasteiger partial charge on any atom is 0.418 e. The van der Waals surface area contributed by atoms with Gasteiger partial charge in [0.15, 0.2) is 5.60 Å². The van der Waals surface area contributed by atoms with Crippen molar-refractivity contribution in [3.63, 3.8) is 0 Å². The molecular weight excluding hydrogens is 440 g/mol. The van der Waals surface area contributed by atoms with Gasteiger partial charge in [0.05, 0.1) is 18.7 Å². The number of alkyl halides is 3. The first-order valence-corrected chi connectivity index (χ1v) is 10.5. The lowest BCUT2D eigenvalue weighted by Crippen LogP contribution is -2.53. The van der Waals surface area contributed by atoms with Gasteiger partial charge in [0.25, 0.3) is 0 Å². The highest BCUT2D eigenvalue weighted by Gasteiger charge is 2.56. The number of anilines is 1. The second-order valence-electron chi connectivity index (χ2n) is 9.07. The number of hydrogen-bond donors (Lipinski definition) is 3. The van der Waals surface area contributed by atoms with Crippen LogP contribution in [0.25, 0.3) is 10.9 Å². The molecule has 0 spiro atoms. The van der Waals surface area contributed by atoms with Crippen molar-refractivity contribution in [3.05, 3.63) is 69.8 Å². The number of aliphatic hydroxyl groups is 1. The first kappa shape index (κ1) is 23.1. The Bertz CT molecular complexity index is 1250. The first-order valence-electron chi connectivity index (χ1n) is 10.5. The minimum Gasteiger partial charge on any atom is -0.493 e. The van der Waals surface area contributed by atoms with Gasteiger partial charge in [0.1, 0.15) is 11.6 Å². The fourth-order valence-corrected chi connectivity index (χ4v) is 4.44. The molecular formula is C24H24F4N2O3. The molecule has 1 aliphatic heterocycles. The summed E-state index contributed by atoms with van der Waals surface area (Å²) in [7, 11) is 0. The van der Waals surface area contributed by atoms with Crippen LogP contribution in [0.5, 0.6) is 5.75 Å². The van der Waals surface area contributed by atoms with Gasteiger partial charge in [-0.05, 0) is 42.2 Å². The Hall–Kier alpha value is -3.07. The van der Waals surface area contributed by atoms with Gasteiger partial charge in [0, 0.05) is 34.7 Å². The third kappa shape index (κ3) is 4.42. The van der Waals surface area contributed by atoms with Crippen molar-refractivity contribution in [3.8, 4) is 5.75 Å². The van der Waals surface area contributed by atoms with Crippen molar-refractivity contribution in [1.82, 2.24) is 4.98 Å². The minimum atomic E-state index is -4.96. The largest absolute Gasteiger partial charge is 0.493 e. The van der Waals surface area contributed by atoms with Crippen LogP contribution >= 0.6 is 0 Å². The predicted molar refractivity (Wildman–Crippen MR) is 117 cm³/mol. The lowest BCUT2D eigenvalue weighted by atomic mass is 9.74. The van der Waals surface area contributed by atoms with Crippen LogP contribution in [-0.4, -0.2) is 35.0 Å². The maximum atomic E-state index is 14.2. The number of aromatic amines is 1. The zero-order valence-electron chi connectivity index (χ0n) is 18.1. The molecule has 1 unspecified atom stereocenters. The first-order chi connectivity index (χ1) is 15.4. The Kier molecular flexibility index (Phi) is 5.64. The summed E-state index contributed by atoms with van der Waals surface area (Å²) in [4.78, 5) is 14.2. The van der Waals surface area contributed by atoms with Crippen LogP contribution in [0.3, 0.4) is 0 Å². The van der Waals surface area contributed by atoms with Crippen molar-refractivity contribution >= 4 is 16.6 Å². The molecule has 0 bridgehead atoms. The van der Waals surface area contributed by atoms with Crippen LogP contribution in [0, 0.1) is 5.82 Å². The number of H-pyrrole nitrogens is 1. The molecule has 5 nitrogen and oxygen atoms in total. The molecule has 33 heavy (non-hydrogen) atoms. The molecule has 0 amide bonds. The zero-order valence-corrected chi connectivity index (χ0v) is 18.1. The molecule has 0 aliphatic carbocycles. The Balaban J connectivity index is 1.66. The highest BCUT2D eigenvalue weighted by atomic mass is 19.4.